The van der Waals surface area contributed by atoms with E-state index in [1.165, 1.54) is 31.5 Å². The third-order valence-electron chi connectivity index (χ3n) is 4.05. The Morgan fingerprint density at radius 1 is 1.18 bits per heavy atom. The summed E-state index contributed by atoms with van der Waals surface area (Å²) >= 11 is 0. The van der Waals surface area contributed by atoms with E-state index in [0.717, 1.165) is 12.1 Å². The van der Waals surface area contributed by atoms with Crippen LogP contribution < -0.4 is 5.32 Å². The molecular weight excluding hydrogens is 276 g/mol. The third kappa shape index (κ3) is 3.74. The summed E-state index contributed by atoms with van der Waals surface area (Å²) in [6, 6.07) is 8.50. The predicted octanol–water partition coefficient (Wildman–Crippen LogP) is 1.95. The fraction of sp³-hybridized carbons (Fsp3) is 0.412. The molecule has 0 atom stereocenters. The van der Waals surface area contributed by atoms with Crippen LogP contribution in [0.1, 0.15) is 34.3 Å². The second-order valence-electron chi connectivity index (χ2n) is 5.89. The molecule has 1 aromatic carbocycles. The Labute approximate surface area is 130 Å². The molecule has 0 saturated carbocycles. The van der Waals surface area contributed by atoms with Crippen LogP contribution >= 0.6 is 0 Å². The molecule has 1 saturated heterocycles. The maximum Gasteiger partial charge on any atom is 0.254 e. The van der Waals surface area contributed by atoms with Gasteiger partial charge in [0.2, 0.25) is 0 Å². The predicted molar refractivity (Wildman–Crippen MR) is 85.3 cm³/mol. The number of carbonyl (C=O) groups is 1. The summed E-state index contributed by atoms with van der Waals surface area (Å²) in [6.45, 7) is 3.99. The van der Waals surface area contributed by atoms with Crippen molar-refractivity contribution < 1.29 is 4.79 Å². The highest BCUT2D eigenvalue weighted by atomic mass is 16.1. The first kappa shape index (κ1) is 14.8. The molecule has 1 aliphatic rings. The number of hydrogen-bond donors (Lipinski definition) is 1. The van der Waals surface area contributed by atoms with Crippen molar-refractivity contribution in [2.75, 3.05) is 13.1 Å². The van der Waals surface area contributed by atoms with Crippen LogP contribution in [0.4, 0.5) is 0 Å². The lowest BCUT2D eigenvalue weighted by Gasteiger charge is -2.14. The Balaban J connectivity index is 1.51. The summed E-state index contributed by atoms with van der Waals surface area (Å²) in [5, 5.41) is 6.92. The van der Waals surface area contributed by atoms with Crippen LogP contribution in [0.2, 0.25) is 0 Å². The number of amides is 1. The zero-order valence-electron chi connectivity index (χ0n) is 13.0. The second kappa shape index (κ2) is 6.75. The van der Waals surface area contributed by atoms with Gasteiger partial charge in [0.15, 0.2) is 0 Å². The molecule has 0 aliphatic carbocycles. The monoisotopic (exact) mass is 298 g/mol. The van der Waals surface area contributed by atoms with Crippen LogP contribution in [0, 0.1) is 0 Å². The molecule has 3 rings (SSSR count). The van der Waals surface area contributed by atoms with Crippen molar-refractivity contribution in [3.8, 4) is 0 Å². The number of carbonyl (C=O) groups excluding carboxylic acids is 1. The molecule has 22 heavy (non-hydrogen) atoms. The lowest BCUT2D eigenvalue weighted by molar-refractivity contribution is 0.0951. The molecule has 0 unspecified atom stereocenters. The minimum atomic E-state index is -0.0887. The van der Waals surface area contributed by atoms with Gasteiger partial charge < -0.3 is 5.32 Å². The largest absolute Gasteiger partial charge is 0.348 e. The Kier molecular flexibility index (Phi) is 4.53. The summed E-state index contributed by atoms with van der Waals surface area (Å²) in [5.41, 5.74) is 3.04. The fourth-order valence-corrected chi connectivity index (χ4v) is 2.78. The summed E-state index contributed by atoms with van der Waals surface area (Å²) < 4.78 is 1.63. The molecule has 1 amide bonds. The summed E-state index contributed by atoms with van der Waals surface area (Å²) in [4.78, 5) is 14.4. The van der Waals surface area contributed by atoms with Crippen LogP contribution in [0.15, 0.2) is 36.7 Å². The fourth-order valence-electron chi connectivity index (χ4n) is 2.78. The number of benzene rings is 1. The highest BCUT2D eigenvalue weighted by molar-refractivity contribution is 5.93. The van der Waals surface area contributed by atoms with Crippen LogP contribution in [0.5, 0.6) is 0 Å². The number of nitrogens with zero attached hydrogens (tertiary/aromatic N) is 3. The van der Waals surface area contributed by atoms with Crippen molar-refractivity contribution in [2.45, 2.75) is 25.9 Å². The first-order valence-corrected chi connectivity index (χ1v) is 7.78. The molecule has 5 heteroatoms. The Bertz CT molecular complexity index is 626. The minimum Gasteiger partial charge on any atom is -0.348 e. The van der Waals surface area contributed by atoms with Crippen molar-refractivity contribution in [3.05, 3.63) is 53.3 Å². The van der Waals surface area contributed by atoms with Crippen molar-refractivity contribution in [2.24, 2.45) is 7.05 Å². The van der Waals surface area contributed by atoms with Gasteiger partial charge in [0.1, 0.15) is 0 Å². The van der Waals surface area contributed by atoms with Gasteiger partial charge in [-0.15, -0.1) is 0 Å². The molecule has 1 aromatic heterocycles. The van der Waals surface area contributed by atoms with E-state index < -0.39 is 0 Å². The molecule has 5 nitrogen and oxygen atoms in total. The number of likely N-dealkylation sites (tertiary alicyclic amines) is 1. The van der Waals surface area contributed by atoms with Gasteiger partial charge in [-0.1, -0.05) is 24.3 Å². The standard InChI is InChI=1S/C17H22N4O/c1-20-13-16(11-19-20)17(22)18-10-14-4-6-15(7-5-14)12-21-8-2-3-9-21/h4-7,11,13H,2-3,8-10,12H2,1H3,(H,18,22). The number of aryl methyl sites for hydroxylation is 1. The SMILES string of the molecule is Cn1cc(C(=O)NCc2ccc(CN3CCCC3)cc2)cn1. The Morgan fingerprint density at radius 3 is 2.50 bits per heavy atom. The molecule has 0 radical (unpaired) electrons. The van der Waals surface area contributed by atoms with Crippen LogP contribution in [-0.4, -0.2) is 33.7 Å². The minimum absolute atomic E-state index is 0.0887. The van der Waals surface area contributed by atoms with Crippen molar-refractivity contribution in [3.63, 3.8) is 0 Å². The van der Waals surface area contributed by atoms with Crippen molar-refractivity contribution in [1.29, 1.82) is 0 Å². The average molecular weight is 298 g/mol. The first-order chi connectivity index (χ1) is 10.7. The highest BCUT2D eigenvalue weighted by Crippen LogP contribution is 2.13. The molecular formula is C17H22N4O. The zero-order chi connectivity index (χ0) is 15.4. The lowest BCUT2D eigenvalue weighted by atomic mass is 10.1. The Hall–Kier alpha value is -2.14. The molecule has 1 aliphatic heterocycles. The molecule has 0 bridgehead atoms. The van der Waals surface area contributed by atoms with Crippen molar-refractivity contribution in [1.82, 2.24) is 20.0 Å². The van der Waals surface area contributed by atoms with Crippen LogP contribution in [0.25, 0.3) is 0 Å². The topological polar surface area (TPSA) is 50.2 Å². The first-order valence-electron chi connectivity index (χ1n) is 7.78. The van der Waals surface area contributed by atoms with Gasteiger partial charge in [-0.05, 0) is 37.1 Å². The van der Waals surface area contributed by atoms with Gasteiger partial charge in [-0.2, -0.15) is 5.10 Å². The normalized spacial score (nSPS) is 15.1. The van der Waals surface area contributed by atoms with Gasteiger partial charge >= 0.3 is 0 Å². The van der Waals surface area contributed by atoms with E-state index in [2.05, 4.69) is 39.6 Å². The molecule has 1 N–H and O–H groups in total. The number of rotatable bonds is 5. The molecule has 1 fully saturated rings. The quantitative estimate of drug-likeness (QED) is 0.918. The molecule has 2 aromatic rings. The molecule has 0 spiro atoms. The third-order valence-corrected chi connectivity index (χ3v) is 4.05. The van der Waals surface area contributed by atoms with Gasteiger partial charge in [-0.3, -0.25) is 14.4 Å². The summed E-state index contributed by atoms with van der Waals surface area (Å²) in [6.07, 6.45) is 5.93. The van der Waals surface area contributed by atoms with Gasteiger partial charge in [0, 0.05) is 26.3 Å². The maximum atomic E-state index is 12.0. The van der Waals surface area contributed by atoms with E-state index in [1.807, 2.05) is 0 Å². The number of aromatic nitrogens is 2. The maximum absolute atomic E-state index is 12.0. The molecule has 116 valence electrons. The van der Waals surface area contributed by atoms with E-state index in [4.69, 9.17) is 0 Å². The van der Waals surface area contributed by atoms with E-state index in [0.29, 0.717) is 12.1 Å². The van der Waals surface area contributed by atoms with E-state index >= 15 is 0 Å². The van der Waals surface area contributed by atoms with Crippen LogP contribution in [0.3, 0.4) is 0 Å². The smallest absolute Gasteiger partial charge is 0.254 e. The van der Waals surface area contributed by atoms with Crippen LogP contribution in [-0.2, 0) is 20.1 Å². The number of hydrogen-bond acceptors (Lipinski definition) is 3. The van der Waals surface area contributed by atoms with E-state index in [1.54, 1.807) is 24.1 Å². The summed E-state index contributed by atoms with van der Waals surface area (Å²) in [5.74, 6) is -0.0887. The number of nitrogens with one attached hydrogen (secondary N) is 1. The van der Waals surface area contributed by atoms with Gasteiger partial charge in [0.05, 0.1) is 11.8 Å². The van der Waals surface area contributed by atoms with Gasteiger partial charge in [-0.25, -0.2) is 0 Å². The van der Waals surface area contributed by atoms with E-state index in [-0.39, 0.29) is 5.91 Å². The molecule has 2 heterocycles. The van der Waals surface area contributed by atoms with Crippen molar-refractivity contribution >= 4 is 5.91 Å². The lowest BCUT2D eigenvalue weighted by Crippen LogP contribution is -2.22. The second-order valence-corrected chi connectivity index (χ2v) is 5.89. The van der Waals surface area contributed by atoms with Gasteiger partial charge in [0.25, 0.3) is 5.91 Å². The highest BCUT2D eigenvalue weighted by Gasteiger charge is 2.11. The zero-order valence-corrected chi connectivity index (χ0v) is 13.0. The van der Waals surface area contributed by atoms with E-state index in [9.17, 15) is 4.79 Å². The summed E-state index contributed by atoms with van der Waals surface area (Å²) in [7, 11) is 1.80. The Morgan fingerprint density at radius 2 is 1.86 bits per heavy atom. The average Bonchev–Trinajstić information content (AvgIpc) is 3.18.